The van der Waals surface area contributed by atoms with E-state index in [0.717, 1.165) is 0 Å². The van der Waals surface area contributed by atoms with E-state index in [2.05, 4.69) is 10.0 Å². The highest BCUT2D eigenvalue weighted by molar-refractivity contribution is 7.89. The standard InChI is InChI=1S/C17H24N2O6S/c1-11(2)19-26(23,24)15-8-6-14(7-9-15)18-17(22)13(4)25-16(21)10-5-12(3)20/h6-9,11,13,19H,5,10H2,1-4H3,(H,18,22)/t13-/m0/s1. The number of ether oxygens (including phenoxy) is 1. The van der Waals surface area contributed by atoms with Crippen molar-refractivity contribution in [2.75, 3.05) is 5.32 Å². The highest BCUT2D eigenvalue weighted by Crippen LogP contribution is 2.15. The van der Waals surface area contributed by atoms with E-state index in [1.54, 1.807) is 13.8 Å². The average Bonchev–Trinajstić information content (AvgIpc) is 2.52. The number of hydrogen-bond acceptors (Lipinski definition) is 6. The molecule has 1 aromatic rings. The number of sulfonamides is 1. The van der Waals surface area contributed by atoms with Gasteiger partial charge in [0.25, 0.3) is 5.91 Å². The van der Waals surface area contributed by atoms with Crippen molar-refractivity contribution in [1.82, 2.24) is 4.72 Å². The Hall–Kier alpha value is -2.26. The second-order valence-electron chi connectivity index (χ2n) is 6.12. The Morgan fingerprint density at radius 3 is 2.12 bits per heavy atom. The fourth-order valence-corrected chi connectivity index (χ4v) is 3.18. The highest BCUT2D eigenvalue weighted by Gasteiger charge is 2.19. The van der Waals surface area contributed by atoms with Crippen molar-refractivity contribution in [1.29, 1.82) is 0 Å². The molecule has 8 nitrogen and oxygen atoms in total. The minimum absolute atomic E-state index is 0.0630. The maximum Gasteiger partial charge on any atom is 0.307 e. The summed E-state index contributed by atoms with van der Waals surface area (Å²) in [6, 6.07) is 5.37. The van der Waals surface area contributed by atoms with Crippen LogP contribution in [0.25, 0.3) is 0 Å². The zero-order chi connectivity index (χ0) is 19.9. The van der Waals surface area contributed by atoms with Gasteiger partial charge in [0.05, 0.1) is 11.3 Å². The average molecular weight is 384 g/mol. The van der Waals surface area contributed by atoms with Crippen LogP contribution in [0.3, 0.4) is 0 Å². The molecule has 1 amide bonds. The second-order valence-corrected chi connectivity index (χ2v) is 7.84. The minimum Gasteiger partial charge on any atom is -0.453 e. The predicted molar refractivity (Wildman–Crippen MR) is 96.0 cm³/mol. The first-order chi connectivity index (χ1) is 12.0. The van der Waals surface area contributed by atoms with Gasteiger partial charge in [0, 0.05) is 18.2 Å². The van der Waals surface area contributed by atoms with Crippen LogP contribution in [0.2, 0.25) is 0 Å². The molecule has 0 bridgehead atoms. The van der Waals surface area contributed by atoms with Crippen molar-refractivity contribution >= 4 is 33.4 Å². The van der Waals surface area contributed by atoms with Gasteiger partial charge in [-0.1, -0.05) is 0 Å². The second kappa shape index (κ2) is 9.44. The maximum absolute atomic E-state index is 12.0. The molecule has 0 saturated carbocycles. The summed E-state index contributed by atoms with van der Waals surface area (Å²) >= 11 is 0. The molecule has 2 N–H and O–H groups in total. The molecule has 1 aromatic carbocycles. The van der Waals surface area contributed by atoms with Crippen molar-refractivity contribution in [3.8, 4) is 0 Å². The van der Waals surface area contributed by atoms with Crippen LogP contribution in [0.5, 0.6) is 0 Å². The zero-order valence-corrected chi connectivity index (χ0v) is 16.1. The van der Waals surface area contributed by atoms with Crippen molar-refractivity contribution in [3.05, 3.63) is 24.3 Å². The molecule has 0 unspecified atom stereocenters. The number of nitrogens with one attached hydrogen (secondary N) is 2. The third kappa shape index (κ3) is 7.32. The number of Topliss-reactive ketones (excluding diaryl/α,β-unsaturated/α-hetero) is 1. The quantitative estimate of drug-likeness (QED) is 0.625. The van der Waals surface area contributed by atoms with E-state index in [0.29, 0.717) is 5.69 Å². The first kappa shape index (κ1) is 21.8. The molecule has 26 heavy (non-hydrogen) atoms. The zero-order valence-electron chi connectivity index (χ0n) is 15.2. The van der Waals surface area contributed by atoms with Gasteiger partial charge in [-0.15, -0.1) is 0 Å². The van der Waals surface area contributed by atoms with E-state index in [9.17, 15) is 22.8 Å². The molecule has 0 spiro atoms. The molecule has 0 radical (unpaired) electrons. The Bertz CT molecular complexity index is 756. The van der Waals surface area contributed by atoms with E-state index in [1.807, 2.05) is 0 Å². The van der Waals surface area contributed by atoms with Gasteiger partial charge in [-0.05, 0) is 52.0 Å². The van der Waals surface area contributed by atoms with Gasteiger partial charge < -0.3 is 14.8 Å². The molecule has 1 rings (SSSR count). The smallest absolute Gasteiger partial charge is 0.307 e. The molecule has 0 aliphatic heterocycles. The van der Waals surface area contributed by atoms with E-state index in [1.165, 1.54) is 38.1 Å². The molecule has 9 heteroatoms. The van der Waals surface area contributed by atoms with Crippen molar-refractivity contribution in [2.24, 2.45) is 0 Å². The summed E-state index contributed by atoms with van der Waals surface area (Å²) in [7, 11) is -3.61. The van der Waals surface area contributed by atoms with Crippen LogP contribution in [-0.2, 0) is 29.1 Å². The number of carbonyl (C=O) groups excluding carboxylic acids is 3. The SMILES string of the molecule is CC(=O)CCC(=O)O[C@@H](C)C(=O)Nc1ccc(S(=O)(=O)NC(C)C)cc1. The van der Waals surface area contributed by atoms with Crippen LogP contribution in [0.1, 0.15) is 40.5 Å². The predicted octanol–water partition coefficient (Wildman–Crippen LogP) is 1.61. The number of anilines is 1. The van der Waals surface area contributed by atoms with Crippen molar-refractivity contribution < 1.29 is 27.5 Å². The fourth-order valence-electron chi connectivity index (χ4n) is 1.93. The van der Waals surface area contributed by atoms with Crippen LogP contribution in [-0.4, -0.2) is 38.2 Å². The Morgan fingerprint density at radius 1 is 1.04 bits per heavy atom. The molecular weight excluding hydrogens is 360 g/mol. The lowest BCUT2D eigenvalue weighted by Gasteiger charge is -2.14. The van der Waals surface area contributed by atoms with E-state index < -0.39 is 28.0 Å². The molecule has 0 heterocycles. The van der Waals surface area contributed by atoms with Crippen molar-refractivity contribution in [2.45, 2.75) is 57.6 Å². The molecule has 0 saturated heterocycles. The fraction of sp³-hybridized carbons (Fsp3) is 0.471. The van der Waals surface area contributed by atoms with Gasteiger partial charge >= 0.3 is 5.97 Å². The largest absolute Gasteiger partial charge is 0.453 e. The highest BCUT2D eigenvalue weighted by atomic mass is 32.2. The van der Waals surface area contributed by atoms with E-state index in [4.69, 9.17) is 4.74 Å². The lowest BCUT2D eigenvalue weighted by atomic mass is 10.2. The van der Waals surface area contributed by atoms with Gasteiger partial charge in [-0.25, -0.2) is 13.1 Å². The molecule has 144 valence electrons. The number of rotatable bonds is 9. The van der Waals surface area contributed by atoms with Crippen LogP contribution in [0.4, 0.5) is 5.69 Å². The van der Waals surface area contributed by atoms with Crippen molar-refractivity contribution in [3.63, 3.8) is 0 Å². The van der Waals surface area contributed by atoms with Gasteiger partial charge in [0.1, 0.15) is 5.78 Å². The van der Waals surface area contributed by atoms with Crippen LogP contribution < -0.4 is 10.0 Å². The first-order valence-corrected chi connectivity index (χ1v) is 9.61. The number of hydrogen-bond donors (Lipinski definition) is 2. The van der Waals surface area contributed by atoms with E-state index >= 15 is 0 Å². The van der Waals surface area contributed by atoms with Crippen LogP contribution >= 0.6 is 0 Å². The Morgan fingerprint density at radius 2 is 1.62 bits per heavy atom. The lowest BCUT2D eigenvalue weighted by molar-refractivity contribution is -0.153. The molecule has 1 atom stereocenters. The number of amides is 1. The third-order valence-corrected chi connectivity index (χ3v) is 4.86. The number of ketones is 1. The minimum atomic E-state index is -3.61. The summed E-state index contributed by atoms with van der Waals surface area (Å²) in [6.45, 7) is 6.20. The van der Waals surface area contributed by atoms with E-state index in [-0.39, 0.29) is 29.6 Å². The third-order valence-electron chi connectivity index (χ3n) is 3.18. The summed E-state index contributed by atoms with van der Waals surface area (Å²) in [5.74, 6) is -1.33. The Balaban J connectivity index is 2.64. The summed E-state index contributed by atoms with van der Waals surface area (Å²) < 4.78 is 31.5. The molecular formula is C17H24N2O6S. The van der Waals surface area contributed by atoms with Gasteiger partial charge in [-0.2, -0.15) is 0 Å². The molecule has 0 aromatic heterocycles. The van der Waals surface area contributed by atoms with Gasteiger partial charge in [0.15, 0.2) is 6.10 Å². The summed E-state index contributed by atoms with van der Waals surface area (Å²) in [6.07, 6.45) is -1.06. The molecule has 0 fully saturated rings. The normalized spacial score (nSPS) is 12.5. The summed E-state index contributed by atoms with van der Waals surface area (Å²) in [4.78, 5) is 34.5. The van der Waals surface area contributed by atoms with Crippen LogP contribution in [0.15, 0.2) is 29.2 Å². The molecule has 0 aliphatic carbocycles. The van der Waals surface area contributed by atoms with Gasteiger partial charge in [-0.3, -0.25) is 9.59 Å². The Labute approximate surface area is 153 Å². The van der Waals surface area contributed by atoms with Gasteiger partial charge in [0.2, 0.25) is 10.0 Å². The number of benzene rings is 1. The maximum atomic E-state index is 12.0. The Kier molecular flexibility index (Phi) is 7.91. The summed E-state index contributed by atoms with van der Waals surface area (Å²) in [5.41, 5.74) is 0.366. The summed E-state index contributed by atoms with van der Waals surface area (Å²) in [5, 5.41) is 2.53. The first-order valence-electron chi connectivity index (χ1n) is 8.13. The van der Waals surface area contributed by atoms with Crippen LogP contribution in [0, 0.1) is 0 Å². The molecule has 0 aliphatic rings. The number of esters is 1. The lowest BCUT2D eigenvalue weighted by Crippen LogP contribution is -2.30. The number of carbonyl (C=O) groups is 3. The topological polar surface area (TPSA) is 119 Å². The monoisotopic (exact) mass is 384 g/mol.